The highest BCUT2D eigenvalue weighted by Gasteiger charge is 2.28. The minimum atomic E-state index is -3.56. The Morgan fingerprint density at radius 3 is 2.55 bits per heavy atom. The Kier molecular flexibility index (Phi) is 6.99. The molecule has 8 nitrogen and oxygen atoms in total. The average molecular weight is 489 g/mol. The normalized spacial score (nSPS) is 14.6. The van der Waals surface area contributed by atoms with Crippen LogP contribution in [-0.2, 0) is 14.8 Å². The van der Waals surface area contributed by atoms with Crippen LogP contribution in [0, 0.1) is 0 Å². The molecule has 0 aliphatic carbocycles. The highest BCUT2D eigenvalue weighted by atomic mass is 32.2. The quantitative estimate of drug-likeness (QED) is 0.545. The van der Waals surface area contributed by atoms with Crippen LogP contribution < -0.4 is 14.8 Å². The van der Waals surface area contributed by atoms with E-state index in [4.69, 9.17) is 14.2 Å². The number of rotatable bonds is 7. The average Bonchev–Trinajstić information content (AvgIpc) is 3.36. The maximum Gasteiger partial charge on any atom is 0.255 e. The molecule has 1 fully saturated rings. The van der Waals surface area contributed by atoms with Gasteiger partial charge in [0.25, 0.3) is 15.9 Å². The summed E-state index contributed by atoms with van der Waals surface area (Å²) in [5.41, 5.74) is 1.72. The Morgan fingerprint density at radius 1 is 1.03 bits per heavy atom. The van der Waals surface area contributed by atoms with E-state index >= 15 is 0 Å². The van der Waals surface area contributed by atoms with Crippen molar-refractivity contribution >= 4 is 33.0 Å². The number of hydrogen-bond acceptors (Lipinski definition) is 7. The van der Waals surface area contributed by atoms with Crippen molar-refractivity contribution in [1.82, 2.24) is 4.31 Å². The summed E-state index contributed by atoms with van der Waals surface area (Å²) in [7, 11) is -0.487. The smallest absolute Gasteiger partial charge is 0.255 e. The summed E-state index contributed by atoms with van der Waals surface area (Å²) < 4.78 is 43.3. The number of carbonyl (C=O) groups excluding carboxylic acids is 1. The van der Waals surface area contributed by atoms with Crippen LogP contribution in [0.5, 0.6) is 11.5 Å². The fourth-order valence-electron chi connectivity index (χ4n) is 3.44. The Bertz CT molecular complexity index is 1250. The van der Waals surface area contributed by atoms with Crippen molar-refractivity contribution in [3.8, 4) is 21.9 Å². The van der Waals surface area contributed by atoms with Crippen LogP contribution >= 0.6 is 11.3 Å². The molecule has 1 aliphatic heterocycles. The number of nitrogens with zero attached hydrogens (tertiary/aromatic N) is 1. The van der Waals surface area contributed by atoms with E-state index in [0.29, 0.717) is 49.1 Å². The van der Waals surface area contributed by atoms with E-state index in [1.165, 1.54) is 22.8 Å². The molecular formula is C23H24N2O6S2. The van der Waals surface area contributed by atoms with E-state index in [0.717, 1.165) is 10.4 Å². The number of morpholine rings is 1. The first-order valence-corrected chi connectivity index (χ1v) is 12.5. The third-order valence-corrected chi connectivity index (χ3v) is 8.71. The van der Waals surface area contributed by atoms with Crippen molar-refractivity contribution in [2.45, 2.75) is 4.21 Å². The maximum absolute atomic E-state index is 12.9. The number of thiophene rings is 1. The lowest BCUT2D eigenvalue weighted by Crippen LogP contribution is -2.40. The molecule has 0 unspecified atom stereocenters. The number of amides is 1. The predicted molar refractivity (Wildman–Crippen MR) is 127 cm³/mol. The topological polar surface area (TPSA) is 94.2 Å². The second-order valence-corrected chi connectivity index (χ2v) is 10.5. The SMILES string of the molecule is COc1ccc(NC(=O)c2cccc(-c3ccc(S(=O)(=O)N4CCOCC4)s3)c2)c(OC)c1. The highest BCUT2D eigenvalue weighted by Crippen LogP contribution is 2.34. The first kappa shape index (κ1) is 23.2. The summed E-state index contributed by atoms with van der Waals surface area (Å²) in [4.78, 5) is 13.6. The molecule has 0 atom stereocenters. The van der Waals surface area contributed by atoms with Crippen molar-refractivity contribution in [1.29, 1.82) is 0 Å². The number of sulfonamides is 1. The molecule has 10 heteroatoms. The van der Waals surface area contributed by atoms with Gasteiger partial charge in [0, 0.05) is 29.6 Å². The third-order valence-electron chi connectivity index (χ3n) is 5.21. The summed E-state index contributed by atoms with van der Waals surface area (Å²) in [5, 5.41) is 2.85. The summed E-state index contributed by atoms with van der Waals surface area (Å²) in [6, 6.07) is 15.6. The molecule has 1 aliphatic rings. The zero-order valence-corrected chi connectivity index (χ0v) is 19.9. The van der Waals surface area contributed by atoms with Gasteiger partial charge in [0.1, 0.15) is 15.7 Å². The van der Waals surface area contributed by atoms with Gasteiger partial charge in [0.2, 0.25) is 0 Å². The van der Waals surface area contributed by atoms with Crippen LogP contribution in [0.15, 0.2) is 58.8 Å². The summed E-state index contributed by atoms with van der Waals surface area (Å²) in [6.45, 7) is 1.49. The molecule has 2 heterocycles. The van der Waals surface area contributed by atoms with Gasteiger partial charge in [-0.2, -0.15) is 4.31 Å². The summed E-state index contributed by atoms with van der Waals surface area (Å²) in [6.07, 6.45) is 0. The van der Waals surface area contributed by atoms with Crippen LogP contribution in [0.1, 0.15) is 10.4 Å². The third kappa shape index (κ3) is 5.03. The number of methoxy groups -OCH3 is 2. The largest absolute Gasteiger partial charge is 0.497 e. The predicted octanol–water partition coefficient (Wildman–Crippen LogP) is 3.71. The summed E-state index contributed by atoms with van der Waals surface area (Å²) in [5.74, 6) is 0.792. The molecule has 1 N–H and O–H groups in total. The van der Waals surface area contributed by atoms with Crippen LogP contribution in [0.3, 0.4) is 0 Å². The molecule has 174 valence electrons. The lowest BCUT2D eigenvalue weighted by Gasteiger charge is -2.25. The van der Waals surface area contributed by atoms with Gasteiger partial charge < -0.3 is 19.5 Å². The van der Waals surface area contributed by atoms with Crippen LogP contribution in [0.4, 0.5) is 5.69 Å². The molecular weight excluding hydrogens is 464 g/mol. The highest BCUT2D eigenvalue weighted by molar-refractivity contribution is 7.91. The number of nitrogens with one attached hydrogen (secondary N) is 1. The molecule has 0 radical (unpaired) electrons. The van der Waals surface area contributed by atoms with Crippen molar-refractivity contribution < 1.29 is 27.4 Å². The second kappa shape index (κ2) is 9.92. The molecule has 1 saturated heterocycles. The fourth-order valence-corrected chi connectivity index (χ4v) is 6.30. The van der Waals surface area contributed by atoms with Gasteiger partial charge in [-0.1, -0.05) is 12.1 Å². The van der Waals surface area contributed by atoms with Gasteiger partial charge in [0.15, 0.2) is 0 Å². The lowest BCUT2D eigenvalue weighted by atomic mass is 10.1. The minimum Gasteiger partial charge on any atom is -0.497 e. The van der Waals surface area contributed by atoms with Gasteiger partial charge in [-0.15, -0.1) is 11.3 Å². The van der Waals surface area contributed by atoms with E-state index in [1.807, 2.05) is 6.07 Å². The summed E-state index contributed by atoms with van der Waals surface area (Å²) >= 11 is 1.19. The van der Waals surface area contributed by atoms with Gasteiger partial charge in [-0.3, -0.25) is 4.79 Å². The van der Waals surface area contributed by atoms with Crippen molar-refractivity contribution in [3.63, 3.8) is 0 Å². The van der Waals surface area contributed by atoms with E-state index < -0.39 is 10.0 Å². The van der Waals surface area contributed by atoms with Crippen LogP contribution in [-0.4, -0.2) is 59.2 Å². The monoisotopic (exact) mass is 488 g/mol. The number of carbonyl (C=O) groups is 1. The Balaban J connectivity index is 1.55. The lowest BCUT2D eigenvalue weighted by molar-refractivity contribution is 0.0731. The molecule has 1 amide bonds. The molecule has 3 aromatic rings. The van der Waals surface area contributed by atoms with E-state index in [1.54, 1.807) is 55.6 Å². The molecule has 0 saturated carbocycles. The molecule has 0 spiro atoms. The van der Waals surface area contributed by atoms with E-state index in [9.17, 15) is 13.2 Å². The first-order valence-electron chi connectivity index (χ1n) is 10.2. The molecule has 1 aromatic heterocycles. The van der Waals surface area contributed by atoms with Gasteiger partial charge >= 0.3 is 0 Å². The van der Waals surface area contributed by atoms with Gasteiger partial charge in [-0.25, -0.2) is 8.42 Å². The second-order valence-electron chi connectivity index (χ2n) is 7.24. The maximum atomic E-state index is 12.9. The fraction of sp³-hybridized carbons (Fsp3) is 0.261. The first-order chi connectivity index (χ1) is 15.9. The Labute approximate surface area is 196 Å². The Hall–Kier alpha value is -2.92. The minimum absolute atomic E-state index is 0.275. The van der Waals surface area contributed by atoms with E-state index in [2.05, 4.69) is 5.32 Å². The standard InChI is InChI=1S/C23H24N2O6S2/c1-29-18-6-7-19(20(15-18)30-2)24-23(26)17-5-3-4-16(14-17)21-8-9-22(32-21)33(27,28)25-10-12-31-13-11-25/h3-9,14-15H,10-13H2,1-2H3,(H,24,26). The van der Waals surface area contributed by atoms with Gasteiger partial charge in [0.05, 0.1) is 33.1 Å². The van der Waals surface area contributed by atoms with Crippen LogP contribution in [0.2, 0.25) is 0 Å². The molecule has 33 heavy (non-hydrogen) atoms. The number of benzene rings is 2. The van der Waals surface area contributed by atoms with Crippen molar-refractivity contribution in [2.24, 2.45) is 0 Å². The van der Waals surface area contributed by atoms with Crippen LogP contribution in [0.25, 0.3) is 10.4 Å². The number of hydrogen-bond donors (Lipinski definition) is 1. The van der Waals surface area contributed by atoms with Gasteiger partial charge in [-0.05, 0) is 42.0 Å². The molecule has 0 bridgehead atoms. The number of anilines is 1. The number of ether oxygens (including phenoxy) is 3. The molecule has 4 rings (SSSR count). The van der Waals surface area contributed by atoms with Crippen molar-refractivity contribution in [2.75, 3.05) is 45.8 Å². The van der Waals surface area contributed by atoms with Crippen molar-refractivity contribution in [3.05, 3.63) is 60.2 Å². The van der Waals surface area contributed by atoms with E-state index in [-0.39, 0.29) is 10.1 Å². The zero-order valence-electron chi connectivity index (χ0n) is 18.2. The Morgan fingerprint density at radius 2 is 1.82 bits per heavy atom. The zero-order chi connectivity index (χ0) is 23.4. The molecule has 2 aromatic carbocycles.